The number of aliphatic hydroxyl groups is 3. The maximum Gasteiger partial charge on any atom is 0.247 e. The van der Waals surface area contributed by atoms with Gasteiger partial charge in [0.05, 0.1) is 29.9 Å². The summed E-state index contributed by atoms with van der Waals surface area (Å²) in [6.07, 6.45) is 11.7. The lowest BCUT2D eigenvalue weighted by Crippen LogP contribution is -2.59. The monoisotopic (exact) mass is 736 g/mol. The number of methoxy groups -OCH3 is 1. The SMILES string of the molecule is C=CCCCCC(=O)N(CC12CC3CC(CC(C3)C1)C2)C1CC(C(=O)NCCO)=CC(Oc2c(I)cc(CO)cc2OC)C1O. The second-order valence-corrected chi connectivity index (χ2v) is 14.9. The largest absolute Gasteiger partial charge is 0.493 e. The fourth-order valence-corrected chi connectivity index (χ4v) is 9.63. The summed E-state index contributed by atoms with van der Waals surface area (Å²) < 4.78 is 12.7. The lowest BCUT2D eigenvalue weighted by molar-refractivity contribution is -0.147. The molecule has 0 saturated heterocycles. The number of nitrogens with zero attached hydrogens (tertiary/aromatic N) is 1. The Kier molecular flexibility index (Phi) is 11.5. The number of halogens is 1. The molecule has 2 amide bonds. The van der Waals surface area contributed by atoms with Gasteiger partial charge in [-0.1, -0.05) is 6.08 Å². The molecule has 4 saturated carbocycles. The Bertz CT molecular complexity index is 1230. The van der Waals surface area contributed by atoms with Crippen molar-refractivity contribution in [1.82, 2.24) is 10.2 Å². The summed E-state index contributed by atoms with van der Waals surface area (Å²) in [5.41, 5.74) is 1.12. The van der Waals surface area contributed by atoms with Gasteiger partial charge in [-0.25, -0.2) is 0 Å². The number of nitrogens with one attached hydrogen (secondary N) is 1. The fourth-order valence-electron chi connectivity index (χ4n) is 8.84. The molecule has 0 aliphatic heterocycles. The van der Waals surface area contributed by atoms with Crippen molar-refractivity contribution in [2.24, 2.45) is 23.2 Å². The molecule has 3 unspecified atom stereocenters. The van der Waals surface area contributed by atoms with Crippen molar-refractivity contribution in [3.8, 4) is 11.5 Å². The van der Waals surface area contributed by atoms with Crippen LogP contribution in [0.15, 0.2) is 36.4 Å². The minimum absolute atomic E-state index is 0.00841. The third-order valence-corrected chi connectivity index (χ3v) is 11.2. The standard InChI is InChI=1S/C35H49IN2O7/c1-3-4-5-6-7-31(41)38(21-35-17-22-10-23(18-35)12-24(11-22)19-35)28-15-26(34(43)37-8-9-39)16-29(32(28)42)45-33-27(36)13-25(20-40)14-30(33)44-2/h3,13-14,16,22-24,28-29,32,39-40,42H,1,4-12,15,17-21H2,2H3,(H,37,43). The molecule has 0 spiro atoms. The quantitative estimate of drug-likeness (QED) is 0.119. The van der Waals surface area contributed by atoms with E-state index in [1.54, 1.807) is 18.2 Å². The summed E-state index contributed by atoms with van der Waals surface area (Å²) in [6.45, 7) is 4.14. The first kappa shape index (κ1) is 34.2. The third kappa shape index (κ3) is 7.88. The highest BCUT2D eigenvalue weighted by molar-refractivity contribution is 14.1. The first-order valence-corrected chi connectivity index (χ1v) is 17.6. The number of allylic oxidation sites excluding steroid dienone is 1. The van der Waals surface area contributed by atoms with Crippen molar-refractivity contribution >= 4 is 34.4 Å². The summed E-state index contributed by atoms with van der Waals surface area (Å²) >= 11 is 2.11. The van der Waals surface area contributed by atoms with Gasteiger partial charge in [0.25, 0.3) is 0 Å². The number of hydrogen-bond acceptors (Lipinski definition) is 7. The first-order chi connectivity index (χ1) is 21.7. The van der Waals surface area contributed by atoms with Gasteiger partial charge in [-0.15, -0.1) is 6.58 Å². The van der Waals surface area contributed by atoms with Gasteiger partial charge in [-0.2, -0.15) is 0 Å². The number of rotatable bonds is 15. The van der Waals surface area contributed by atoms with E-state index in [9.17, 15) is 24.9 Å². The van der Waals surface area contributed by atoms with E-state index in [0.29, 0.717) is 56.9 Å². The minimum atomic E-state index is -1.09. The van der Waals surface area contributed by atoms with E-state index in [0.717, 1.165) is 38.5 Å². The summed E-state index contributed by atoms with van der Waals surface area (Å²) in [6, 6.07) is 2.82. The van der Waals surface area contributed by atoms with Crippen molar-refractivity contribution < 1.29 is 34.4 Å². The van der Waals surface area contributed by atoms with Crippen LogP contribution < -0.4 is 14.8 Å². The smallest absolute Gasteiger partial charge is 0.247 e. The molecule has 4 N–H and O–H groups in total. The molecular formula is C35H49IN2O7. The van der Waals surface area contributed by atoms with Crippen LogP contribution in [0.3, 0.4) is 0 Å². The normalized spacial score (nSPS) is 30.0. The minimum Gasteiger partial charge on any atom is -0.493 e. The Labute approximate surface area is 280 Å². The van der Waals surface area contributed by atoms with Crippen molar-refractivity contribution in [3.05, 3.63) is 45.6 Å². The highest BCUT2D eigenvalue weighted by Gasteiger charge is 2.53. The highest BCUT2D eigenvalue weighted by atomic mass is 127. The number of carbonyl (C=O) groups is 2. The van der Waals surface area contributed by atoms with Crippen molar-refractivity contribution in [2.75, 3.05) is 26.8 Å². The van der Waals surface area contributed by atoms with Crippen LogP contribution in [0.4, 0.5) is 0 Å². The maximum absolute atomic E-state index is 14.2. The third-order valence-electron chi connectivity index (χ3n) is 10.4. The molecule has 5 aliphatic rings. The second-order valence-electron chi connectivity index (χ2n) is 13.8. The molecule has 9 nitrogen and oxygen atoms in total. The molecule has 248 valence electrons. The Morgan fingerprint density at radius 3 is 2.42 bits per heavy atom. The van der Waals surface area contributed by atoms with Crippen molar-refractivity contribution in [1.29, 1.82) is 0 Å². The number of unbranched alkanes of at least 4 members (excludes halogenated alkanes) is 2. The number of carbonyl (C=O) groups excluding carboxylic acids is 2. The number of aliphatic hydroxyl groups excluding tert-OH is 3. The van der Waals surface area contributed by atoms with Crippen LogP contribution in [-0.4, -0.2) is 77.1 Å². The molecule has 6 rings (SSSR count). The molecule has 10 heteroatoms. The Morgan fingerprint density at radius 1 is 1.13 bits per heavy atom. The van der Waals surface area contributed by atoms with Crippen molar-refractivity contribution in [3.63, 3.8) is 0 Å². The molecule has 0 radical (unpaired) electrons. The van der Waals surface area contributed by atoms with Gasteiger partial charge in [-0.05, 0) is 127 Å². The maximum atomic E-state index is 14.2. The van der Waals surface area contributed by atoms with E-state index < -0.39 is 18.2 Å². The molecule has 4 bridgehead atoms. The fraction of sp³-hybridized carbons (Fsp3) is 0.657. The summed E-state index contributed by atoms with van der Waals surface area (Å²) in [7, 11) is 1.52. The van der Waals surface area contributed by atoms with Crippen LogP contribution in [0, 0.1) is 26.7 Å². The number of amides is 2. The molecule has 5 aliphatic carbocycles. The topological polar surface area (TPSA) is 129 Å². The molecule has 45 heavy (non-hydrogen) atoms. The Balaban J connectivity index is 1.48. The lowest BCUT2D eigenvalue weighted by atomic mass is 9.49. The van der Waals surface area contributed by atoms with E-state index in [1.165, 1.54) is 26.4 Å². The van der Waals surface area contributed by atoms with Gasteiger partial charge in [0.15, 0.2) is 11.5 Å². The average molecular weight is 737 g/mol. The van der Waals surface area contributed by atoms with Gasteiger partial charge in [0, 0.05) is 31.5 Å². The zero-order valence-electron chi connectivity index (χ0n) is 26.4. The van der Waals surface area contributed by atoms with Crippen molar-refractivity contribution in [2.45, 2.75) is 95.5 Å². The van der Waals surface area contributed by atoms with E-state index >= 15 is 0 Å². The van der Waals surface area contributed by atoms with E-state index in [1.807, 2.05) is 11.0 Å². The number of benzene rings is 1. The molecule has 0 heterocycles. The van der Waals surface area contributed by atoms with E-state index in [-0.39, 0.29) is 43.4 Å². The lowest BCUT2D eigenvalue weighted by Gasteiger charge is -2.58. The van der Waals surface area contributed by atoms with Crippen LogP contribution in [-0.2, 0) is 16.2 Å². The molecular weight excluding hydrogens is 687 g/mol. The summed E-state index contributed by atoms with van der Waals surface area (Å²) in [5, 5.41) is 33.9. The van der Waals surface area contributed by atoms with E-state index in [4.69, 9.17) is 9.47 Å². The Hall–Kier alpha value is -2.15. The summed E-state index contributed by atoms with van der Waals surface area (Å²) in [4.78, 5) is 29.4. The Morgan fingerprint density at radius 2 is 1.82 bits per heavy atom. The molecule has 0 aromatic heterocycles. The summed E-state index contributed by atoms with van der Waals surface area (Å²) in [5.74, 6) is 2.60. The zero-order chi connectivity index (χ0) is 32.1. The van der Waals surface area contributed by atoms with Crippen LogP contribution in [0.5, 0.6) is 11.5 Å². The predicted molar refractivity (Wildman–Crippen MR) is 180 cm³/mol. The predicted octanol–water partition coefficient (Wildman–Crippen LogP) is 4.50. The first-order valence-electron chi connectivity index (χ1n) is 16.5. The van der Waals surface area contributed by atoms with Crippen LogP contribution >= 0.6 is 22.6 Å². The van der Waals surface area contributed by atoms with Crippen LogP contribution in [0.1, 0.15) is 76.2 Å². The average Bonchev–Trinajstić information content (AvgIpc) is 3.01. The van der Waals surface area contributed by atoms with Gasteiger partial charge >= 0.3 is 0 Å². The van der Waals surface area contributed by atoms with Gasteiger partial charge < -0.3 is 35.0 Å². The highest BCUT2D eigenvalue weighted by Crippen LogP contribution is 2.60. The van der Waals surface area contributed by atoms with Crippen LogP contribution in [0.25, 0.3) is 0 Å². The molecule has 4 fully saturated rings. The van der Waals surface area contributed by atoms with Crippen LogP contribution in [0.2, 0.25) is 0 Å². The zero-order valence-corrected chi connectivity index (χ0v) is 28.5. The van der Waals surface area contributed by atoms with Gasteiger partial charge in [-0.3, -0.25) is 9.59 Å². The second kappa shape index (κ2) is 15.2. The molecule has 1 aromatic rings. The number of hydrogen-bond donors (Lipinski definition) is 4. The van der Waals surface area contributed by atoms with E-state index in [2.05, 4.69) is 34.5 Å². The van der Waals surface area contributed by atoms with Gasteiger partial charge in [0.1, 0.15) is 12.2 Å². The number of ether oxygens (including phenoxy) is 2. The van der Waals surface area contributed by atoms with Gasteiger partial charge in [0.2, 0.25) is 11.8 Å². The molecule has 3 atom stereocenters. The molecule has 1 aromatic carbocycles.